The molecule has 0 fully saturated rings. The van der Waals surface area contributed by atoms with Crippen molar-refractivity contribution in [1.82, 2.24) is 15.6 Å². The highest BCUT2D eigenvalue weighted by molar-refractivity contribution is 5.94. The number of carbonyl (C=O) groups is 1. The van der Waals surface area contributed by atoms with Crippen LogP contribution in [-0.2, 0) is 0 Å². The number of amides is 1. The van der Waals surface area contributed by atoms with Gasteiger partial charge in [0.25, 0.3) is 5.91 Å². The first kappa shape index (κ1) is 19.7. The molecule has 0 aliphatic carbocycles. The lowest BCUT2D eigenvalue weighted by atomic mass is 10.1. The minimum absolute atomic E-state index is 0.0200. The van der Waals surface area contributed by atoms with Gasteiger partial charge in [-0.1, -0.05) is 0 Å². The van der Waals surface area contributed by atoms with E-state index in [1.54, 1.807) is 50.6 Å². The summed E-state index contributed by atoms with van der Waals surface area (Å²) in [6.07, 6.45) is 1.43. The highest BCUT2D eigenvalue weighted by atomic mass is 16.5. The van der Waals surface area contributed by atoms with Crippen LogP contribution in [0.1, 0.15) is 16.1 Å². The van der Waals surface area contributed by atoms with Crippen LogP contribution in [0.4, 0.5) is 0 Å². The molecule has 0 aliphatic rings. The van der Waals surface area contributed by atoms with Gasteiger partial charge in [0, 0.05) is 5.56 Å². The number of phenols is 1. The predicted octanol–water partition coefficient (Wildman–Crippen LogP) is 2.57. The molecule has 2 aromatic carbocycles. The van der Waals surface area contributed by atoms with Crippen LogP contribution < -0.4 is 19.6 Å². The molecule has 0 bridgehead atoms. The lowest BCUT2D eigenvalue weighted by Crippen LogP contribution is -2.18. The van der Waals surface area contributed by atoms with Gasteiger partial charge in [-0.05, 0) is 48.0 Å². The topological polar surface area (TPSA) is 118 Å². The van der Waals surface area contributed by atoms with E-state index in [9.17, 15) is 9.90 Å². The van der Waals surface area contributed by atoms with Crippen LogP contribution in [0.3, 0.4) is 0 Å². The van der Waals surface area contributed by atoms with Crippen LogP contribution in [0.2, 0.25) is 0 Å². The molecule has 0 radical (unpaired) electrons. The molecule has 0 unspecified atom stereocenters. The third kappa shape index (κ3) is 4.46. The number of methoxy groups -OCH3 is 3. The molecule has 9 nitrogen and oxygen atoms in total. The number of nitrogens with one attached hydrogen (secondary N) is 2. The summed E-state index contributed by atoms with van der Waals surface area (Å²) >= 11 is 0. The second kappa shape index (κ2) is 8.79. The van der Waals surface area contributed by atoms with E-state index in [0.717, 1.165) is 0 Å². The summed E-state index contributed by atoms with van der Waals surface area (Å²) in [5.41, 5.74) is 4.50. The van der Waals surface area contributed by atoms with Gasteiger partial charge in [0.2, 0.25) is 0 Å². The van der Waals surface area contributed by atoms with Crippen molar-refractivity contribution in [3.05, 3.63) is 53.7 Å². The molecule has 29 heavy (non-hydrogen) atoms. The van der Waals surface area contributed by atoms with E-state index in [4.69, 9.17) is 14.2 Å². The molecule has 150 valence electrons. The van der Waals surface area contributed by atoms with E-state index in [2.05, 4.69) is 20.7 Å². The van der Waals surface area contributed by atoms with Crippen molar-refractivity contribution < 1.29 is 24.1 Å². The Kier molecular flexibility index (Phi) is 5.98. The van der Waals surface area contributed by atoms with E-state index in [1.807, 2.05) is 0 Å². The van der Waals surface area contributed by atoms with Gasteiger partial charge in [0.15, 0.2) is 11.5 Å². The molecule has 0 spiro atoms. The molecule has 0 saturated heterocycles. The summed E-state index contributed by atoms with van der Waals surface area (Å²) in [7, 11) is 4.57. The summed E-state index contributed by atoms with van der Waals surface area (Å²) in [5, 5.41) is 20.4. The van der Waals surface area contributed by atoms with Gasteiger partial charge in [-0.3, -0.25) is 9.89 Å². The monoisotopic (exact) mass is 396 g/mol. The fourth-order valence-corrected chi connectivity index (χ4v) is 2.59. The third-order valence-electron chi connectivity index (χ3n) is 4.09. The van der Waals surface area contributed by atoms with E-state index in [0.29, 0.717) is 34.1 Å². The number of nitrogens with zero attached hydrogens (tertiary/aromatic N) is 2. The van der Waals surface area contributed by atoms with Crippen molar-refractivity contribution >= 4 is 12.1 Å². The number of carbonyl (C=O) groups excluding carboxylic acids is 1. The standard InChI is InChI=1S/C20H20N4O5/c1-27-13-5-7-18(28-2)14(9-13)15-10-16(23-22-15)20(26)24-21-11-12-4-6-17(25)19(8-12)29-3/h4-11,25H,1-3H3,(H,22,23)(H,24,26)/b21-11+. The fourth-order valence-electron chi connectivity index (χ4n) is 2.59. The lowest BCUT2D eigenvalue weighted by Gasteiger charge is -2.08. The summed E-state index contributed by atoms with van der Waals surface area (Å²) in [6.45, 7) is 0. The molecule has 3 N–H and O–H groups in total. The number of aromatic nitrogens is 2. The van der Waals surface area contributed by atoms with Gasteiger partial charge in [-0.2, -0.15) is 10.2 Å². The number of phenolic OH excluding ortho intramolecular Hbond substituents is 1. The van der Waals surface area contributed by atoms with Crippen LogP contribution >= 0.6 is 0 Å². The van der Waals surface area contributed by atoms with Crippen LogP contribution in [0, 0.1) is 0 Å². The van der Waals surface area contributed by atoms with Crippen molar-refractivity contribution in [2.45, 2.75) is 0 Å². The second-order valence-electron chi connectivity index (χ2n) is 5.86. The van der Waals surface area contributed by atoms with Crippen LogP contribution in [0.15, 0.2) is 47.6 Å². The molecule has 3 aromatic rings. The quantitative estimate of drug-likeness (QED) is 0.417. The first-order valence-electron chi connectivity index (χ1n) is 8.54. The van der Waals surface area contributed by atoms with E-state index in [1.165, 1.54) is 19.4 Å². The number of hydrogen-bond acceptors (Lipinski definition) is 7. The second-order valence-corrected chi connectivity index (χ2v) is 5.86. The minimum atomic E-state index is -0.465. The zero-order valence-electron chi connectivity index (χ0n) is 16.1. The zero-order chi connectivity index (χ0) is 20.8. The average Bonchev–Trinajstić information content (AvgIpc) is 3.24. The molecule has 9 heteroatoms. The van der Waals surface area contributed by atoms with Gasteiger partial charge >= 0.3 is 0 Å². The number of aromatic amines is 1. The molecular weight excluding hydrogens is 376 g/mol. The number of H-pyrrole nitrogens is 1. The van der Waals surface area contributed by atoms with Crippen molar-refractivity contribution in [3.63, 3.8) is 0 Å². The third-order valence-corrected chi connectivity index (χ3v) is 4.09. The number of rotatable bonds is 7. The Balaban J connectivity index is 1.73. The number of aromatic hydroxyl groups is 1. The highest BCUT2D eigenvalue weighted by Crippen LogP contribution is 2.32. The molecule has 0 aliphatic heterocycles. The molecule has 0 saturated carbocycles. The Morgan fingerprint density at radius 1 is 1.07 bits per heavy atom. The van der Waals surface area contributed by atoms with Gasteiger partial charge in [-0.15, -0.1) is 0 Å². The molecule has 1 amide bonds. The van der Waals surface area contributed by atoms with Gasteiger partial charge in [-0.25, -0.2) is 5.43 Å². The Bertz CT molecular complexity index is 1050. The van der Waals surface area contributed by atoms with Crippen molar-refractivity contribution in [2.75, 3.05) is 21.3 Å². The Morgan fingerprint density at radius 2 is 1.86 bits per heavy atom. The smallest absolute Gasteiger partial charge is 0.289 e. The molecule has 1 aromatic heterocycles. The zero-order valence-corrected chi connectivity index (χ0v) is 16.1. The first-order valence-corrected chi connectivity index (χ1v) is 8.54. The maximum Gasteiger partial charge on any atom is 0.289 e. The largest absolute Gasteiger partial charge is 0.504 e. The van der Waals surface area contributed by atoms with Gasteiger partial charge in [0.1, 0.15) is 17.2 Å². The van der Waals surface area contributed by atoms with E-state index >= 15 is 0 Å². The Hall–Kier alpha value is -4.01. The van der Waals surface area contributed by atoms with Gasteiger partial charge < -0.3 is 19.3 Å². The number of ether oxygens (including phenoxy) is 3. The maximum atomic E-state index is 12.3. The summed E-state index contributed by atoms with van der Waals surface area (Å²) in [4.78, 5) is 12.3. The summed E-state index contributed by atoms with van der Waals surface area (Å²) < 4.78 is 15.6. The minimum Gasteiger partial charge on any atom is -0.504 e. The molecular formula is C20H20N4O5. The van der Waals surface area contributed by atoms with Crippen molar-refractivity contribution in [3.8, 4) is 34.3 Å². The number of hydrazone groups is 1. The fraction of sp³-hybridized carbons (Fsp3) is 0.150. The van der Waals surface area contributed by atoms with Crippen LogP contribution in [-0.4, -0.2) is 48.8 Å². The summed E-state index contributed by atoms with van der Waals surface area (Å²) in [6, 6.07) is 11.6. The van der Waals surface area contributed by atoms with Crippen molar-refractivity contribution in [2.24, 2.45) is 5.10 Å². The summed E-state index contributed by atoms with van der Waals surface area (Å²) in [5.74, 6) is 1.11. The lowest BCUT2D eigenvalue weighted by molar-refractivity contribution is 0.0950. The Labute approximate surface area is 166 Å². The number of hydrogen-bond donors (Lipinski definition) is 3. The van der Waals surface area contributed by atoms with E-state index in [-0.39, 0.29) is 11.4 Å². The SMILES string of the molecule is COc1ccc(OC)c(-c2cc(C(=O)N/N=C/c3ccc(O)c(OC)c3)[nH]n2)c1. The van der Waals surface area contributed by atoms with Crippen LogP contribution in [0.25, 0.3) is 11.3 Å². The maximum absolute atomic E-state index is 12.3. The average molecular weight is 396 g/mol. The molecule has 3 rings (SSSR count). The van der Waals surface area contributed by atoms with Crippen molar-refractivity contribution in [1.29, 1.82) is 0 Å². The van der Waals surface area contributed by atoms with Gasteiger partial charge in [0.05, 0.1) is 33.2 Å². The highest BCUT2D eigenvalue weighted by Gasteiger charge is 2.14. The van der Waals surface area contributed by atoms with Crippen LogP contribution in [0.5, 0.6) is 23.0 Å². The Morgan fingerprint density at radius 3 is 2.59 bits per heavy atom. The molecule has 1 heterocycles. The molecule has 0 atom stereocenters. The van der Waals surface area contributed by atoms with E-state index < -0.39 is 5.91 Å². The number of benzene rings is 2. The normalized spacial score (nSPS) is 10.7. The first-order chi connectivity index (χ1) is 14.0. The predicted molar refractivity (Wildman–Crippen MR) is 107 cm³/mol.